The number of rotatable bonds is 10. The van der Waals surface area contributed by atoms with Gasteiger partial charge < -0.3 is 4.43 Å². The molecule has 0 aliphatic carbocycles. The standard InChI is InChI=1S/C13H30OSi/c1-4-7-9-13(6-3,10-8-5-2)11-12-14-15/h4-12H2,1-3,15H3. The molecule has 0 N–H and O–H groups in total. The van der Waals surface area contributed by atoms with E-state index in [-0.39, 0.29) is 0 Å². The van der Waals surface area contributed by atoms with Crippen molar-refractivity contribution in [1.82, 2.24) is 0 Å². The Kier molecular flexibility index (Phi) is 9.52. The summed E-state index contributed by atoms with van der Waals surface area (Å²) < 4.78 is 5.40. The van der Waals surface area contributed by atoms with Crippen LogP contribution in [0.3, 0.4) is 0 Å². The zero-order valence-corrected chi connectivity index (χ0v) is 13.3. The Morgan fingerprint density at radius 2 is 1.47 bits per heavy atom. The van der Waals surface area contributed by atoms with Crippen LogP contribution in [0.4, 0.5) is 0 Å². The van der Waals surface area contributed by atoms with Gasteiger partial charge in [0.2, 0.25) is 0 Å². The van der Waals surface area contributed by atoms with Gasteiger partial charge in [0, 0.05) is 6.61 Å². The van der Waals surface area contributed by atoms with Crippen LogP contribution in [0.15, 0.2) is 0 Å². The maximum absolute atomic E-state index is 5.40. The number of hydrogen-bond acceptors (Lipinski definition) is 1. The van der Waals surface area contributed by atoms with Gasteiger partial charge in [-0.2, -0.15) is 0 Å². The third kappa shape index (κ3) is 6.36. The van der Waals surface area contributed by atoms with Crippen molar-refractivity contribution in [1.29, 1.82) is 0 Å². The molecule has 0 bridgehead atoms. The summed E-state index contributed by atoms with van der Waals surface area (Å²) in [5.74, 6) is 0. The first-order valence-electron chi connectivity index (χ1n) is 6.73. The molecule has 0 atom stereocenters. The second-order valence-corrected chi connectivity index (χ2v) is 5.38. The molecule has 0 saturated carbocycles. The highest BCUT2D eigenvalue weighted by Crippen LogP contribution is 2.38. The van der Waals surface area contributed by atoms with E-state index in [1.54, 1.807) is 0 Å². The van der Waals surface area contributed by atoms with Crippen LogP contribution in [-0.4, -0.2) is 17.1 Å². The normalized spacial score (nSPS) is 12.2. The molecule has 0 aliphatic rings. The second-order valence-electron chi connectivity index (χ2n) is 4.80. The SMILES string of the molecule is CCCCC(CC)(CCCC)CCO[SiH3]. The third-order valence-corrected chi connectivity index (χ3v) is 4.12. The van der Waals surface area contributed by atoms with Gasteiger partial charge in [-0.05, 0) is 24.7 Å². The topological polar surface area (TPSA) is 9.23 Å². The lowest BCUT2D eigenvalue weighted by Crippen LogP contribution is -2.22. The van der Waals surface area contributed by atoms with Gasteiger partial charge in [-0.15, -0.1) is 0 Å². The quantitative estimate of drug-likeness (QED) is 0.522. The fraction of sp³-hybridized carbons (Fsp3) is 1.00. The van der Waals surface area contributed by atoms with Crippen LogP contribution in [0.1, 0.15) is 72.1 Å². The molecule has 2 heteroatoms. The van der Waals surface area contributed by atoms with Crippen molar-refractivity contribution in [2.24, 2.45) is 5.41 Å². The van der Waals surface area contributed by atoms with E-state index in [1.165, 1.54) is 51.4 Å². The van der Waals surface area contributed by atoms with Crippen LogP contribution in [0.5, 0.6) is 0 Å². The summed E-state index contributed by atoms with van der Waals surface area (Å²) in [6, 6.07) is 0. The summed E-state index contributed by atoms with van der Waals surface area (Å²) in [6.07, 6.45) is 10.9. The van der Waals surface area contributed by atoms with Gasteiger partial charge in [0.25, 0.3) is 0 Å². The van der Waals surface area contributed by atoms with Gasteiger partial charge in [-0.1, -0.05) is 52.9 Å². The first-order chi connectivity index (χ1) is 7.24. The van der Waals surface area contributed by atoms with Gasteiger partial charge in [-0.25, -0.2) is 0 Å². The largest absolute Gasteiger partial charge is 0.428 e. The Bertz CT molecular complexity index is 115. The number of hydrogen-bond donors (Lipinski definition) is 0. The van der Waals surface area contributed by atoms with Crippen LogP contribution < -0.4 is 0 Å². The maximum atomic E-state index is 5.40. The molecule has 0 spiro atoms. The van der Waals surface area contributed by atoms with Crippen molar-refractivity contribution in [3.05, 3.63) is 0 Å². The van der Waals surface area contributed by atoms with E-state index in [9.17, 15) is 0 Å². The van der Waals surface area contributed by atoms with E-state index in [4.69, 9.17) is 4.43 Å². The minimum atomic E-state index is 0.594. The minimum Gasteiger partial charge on any atom is -0.428 e. The van der Waals surface area contributed by atoms with Crippen molar-refractivity contribution in [3.63, 3.8) is 0 Å². The average Bonchev–Trinajstić information content (AvgIpc) is 2.29. The van der Waals surface area contributed by atoms with Crippen LogP contribution in [0.2, 0.25) is 0 Å². The predicted molar refractivity (Wildman–Crippen MR) is 72.3 cm³/mol. The fourth-order valence-electron chi connectivity index (χ4n) is 2.33. The minimum absolute atomic E-state index is 0.594. The molecule has 0 aliphatic heterocycles. The van der Waals surface area contributed by atoms with Crippen LogP contribution in [0.25, 0.3) is 0 Å². The van der Waals surface area contributed by atoms with Crippen LogP contribution in [-0.2, 0) is 4.43 Å². The van der Waals surface area contributed by atoms with Gasteiger partial charge in [0.1, 0.15) is 10.5 Å². The summed E-state index contributed by atoms with van der Waals surface area (Å²) >= 11 is 0. The third-order valence-electron chi connectivity index (χ3n) is 3.71. The lowest BCUT2D eigenvalue weighted by Gasteiger charge is -2.33. The Hall–Kier alpha value is 0.177. The molecule has 0 aromatic carbocycles. The van der Waals surface area contributed by atoms with E-state index >= 15 is 0 Å². The molecule has 0 radical (unpaired) electrons. The molecular weight excluding hydrogens is 200 g/mol. The highest BCUT2D eigenvalue weighted by molar-refractivity contribution is 5.97. The average molecular weight is 230 g/mol. The molecule has 0 aromatic rings. The van der Waals surface area contributed by atoms with E-state index in [2.05, 4.69) is 20.8 Å². The van der Waals surface area contributed by atoms with E-state index in [1.807, 2.05) is 0 Å². The molecule has 0 rings (SSSR count). The molecule has 0 aromatic heterocycles. The second kappa shape index (κ2) is 9.41. The molecule has 0 unspecified atom stereocenters. The van der Waals surface area contributed by atoms with E-state index in [0.717, 1.165) is 17.1 Å². The summed E-state index contributed by atoms with van der Waals surface area (Å²) in [6.45, 7) is 7.94. The molecule has 0 heterocycles. The monoisotopic (exact) mass is 230 g/mol. The Morgan fingerprint density at radius 1 is 0.933 bits per heavy atom. The zero-order chi connectivity index (χ0) is 11.6. The Balaban J connectivity index is 4.16. The highest BCUT2D eigenvalue weighted by Gasteiger charge is 2.26. The fourth-order valence-corrected chi connectivity index (χ4v) is 2.53. The zero-order valence-electron chi connectivity index (χ0n) is 11.3. The first kappa shape index (κ1) is 15.2. The van der Waals surface area contributed by atoms with Crippen molar-refractivity contribution < 1.29 is 4.43 Å². The lowest BCUT2D eigenvalue weighted by molar-refractivity contribution is 0.158. The first-order valence-corrected chi connectivity index (χ1v) is 7.55. The smallest absolute Gasteiger partial charge is 0.145 e. The van der Waals surface area contributed by atoms with Gasteiger partial charge in [-0.3, -0.25) is 0 Å². The Labute approximate surface area is 99.5 Å². The van der Waals surface area contributed by atoms with Crippen molar-refractivity contribution in [3.8, 4) is 0 Å². The molecular formula is C13H30OSi. The van der Waals surface area contributed by atoms with E-state index < -0.39 is 0 Å². The summed E-state index contributed by atoms with van der Waals surface area (Å²) in [5, 5.41) is 0. The molecule has 92 valence electrons. The Morgan fingerprint density at radius 3 is 1.80 bits per heavy atom. The van der Waals surface area contributed by atoms with E-state index in [0.29, 0.717) is 5.41 Å². The molecule has 15 heavy (non-hydrogen) atoms. The molecule has 0 amide bonds. The van der Waals surface area contributed by atoms with Crippen molar-refractivity contribution in [2.75, 3.05) is 6.61 Å². The van der Waals surface area contributed by atoms with Gasteiger partial charge >= 0.3 is 0 Å². The van der Waals surface area contributed by atoms with Crippen LogP contribution >= 0.6 is 0 Å². The van der Waals surface area contributed by atoms with Gasteiger partial charge in [0.15, 0.2) is 0 Å². The molecule has 1 nitrogen and oxygen atoms in total. The highest BCUT2D eigenvalue weighted by atomic mass is 28.2. The summed E-state index contributed by atoms with van der Waals surface area (Å²) in [4.78, 5) is 0. The number of unbranched alkanes of at least 4 members (excludes halogenated alkanes) is 2. The summed E-state index contributed by atoms with van der Waals surface area (Å²) in [7, 11) is 0.895. The molecule has 0 saturated heterocycles. The molecule has 0 fully saturated rings. The van der Waals surface area contributed by atoms with Crippen LogP contribution in [0, 0.1) is 5.41 Å². The maximum Gasteiger partial charge on any atom is 0.145 e. The summed E-state index contributed by atoms with van der Waals surface area (Å²) in [5.41, 5.74) is 0.594. The lowest BCUT2D eigenvalue weighted by atomic mass is 9.74. The van der Waals surface area contributed by atoms with Crippen molar-refractivity contribution >= 4 is 10.5 Å². The van der Waals surface area contributed by atoms with Crippen molar-refractivity contribution in [2.45, 2.75) is 72.1 Å². The van der Waals surface area contributed by atoms with Gasteiger partial charge in [0.05, 0.1) is 0 Å². The predicted octanol–water partition coefficient (Wildman–Crippen LogP) is 3.45.